The van der Waals surface area contributed by atoms with Crippen LogP contribution < -0.4 is 20.1 Å². The van der Waals surface area contributed by atoms with E-state index in [1.165, 1.54) is 33.2 Å². The molecule has 3 aromatic rings. The van der Waals surface area contributed by atoms with Crippen LogP contribution in [0.15, 0.2) is 42.5 Å². The Morgan fingerprint density at radius 3 is 1.89 bits per heavy atom. The predicted molar refractivity (Wildman–Crippen MR) is 124 cm³/mol. The van der Waals surface area contributed by atoms with E-state index >= 15 is 0 Å². The van der Waals surface area contributed by atoms with Crippen molar-refractivity contribution in [1.82, 2.24) is 4.58 Å². The molecule has 0 saturated heterocycles. The molecule has 3 heteroatoms. The molecule has 1 N–H and O–H groups in total. The van der Waals surface area contributed by atoms with Crippen LogP contribution in [-0.4, -0.2) is 24.2 Å². The number of nitrogens with one attached hydrogen (secondary N) is 1. The summed E-state index contributed by atoms with van der Waals surface area (Å²) >= 11 is 0. The van der Waals surface area contributed by atoms with Crippen molar-refractivity contribution in [3.05, 3.63) is 47.8 Å². The summed E-state index contributed by atoms with van der Waals surface area (Å²) in [5.74, 6) is 0. The topological polar surface area (TPSA) is 18.3 Å². The summed E-state index contributed by atoms with van der Waals surface area (Å²) in [5.41, 5.74) is 3.84. The summed E-state index contributed by atoms with van der Waals surface area (Å²) < 4.78 is 2.54. The molecule has 0 aliphatic heterocycles. The van der Waals surface area contributed by atoms with Gasteiger partial charge in [0.05, 0.1) is 0 Å². The highest BCUT2D eigenvalue weighted by Crippen LogP contribution is 2.36. The first-order chi connectivity index (χ1) is 13.2. The number of anilines is 3. The van der Waals surface area contributed by atoms with Gasteiger partial charge in [-0.2, -0.15) is 0 Å². The first-order valence-corrected chi connectivity index (χ1v) is 10.7. The van der Waals surface area contributed by atoms with Gasteiger partial charge in [0.25, 0.3) is 5.36 Å². The minimum absolute atomic E-state index is 0.456. The Morgan fingerprint density at radius 1 is 0.750 bits per heavy atom. The van der Waals surface area contributed by atoms with Gasteiger partial charge < -0.3 is 10.2 Å². The van der Waals surface area contributed by atoms with E-state index in [0.717, 1.165) is 0 Å². The fourth-order valence-electron chi connectivity index (χ4n) is 4.48. The predicted octanol–water partition coefficient (Wildman–Crippen LogP) is 5.67. The van der Waals surface area contributed by atoms with Crippen LogP contribution in [0.1, 0.15) is 55.4 Å². The third-order valence-electron chi connectivity index (χ3n) is 5.43. The zero-order valence-electron chi connectivity index (χ0n) is 18.7. The molecule has 150 valence electrons. The Kier molecular flexibility index (Phi) is 5.83. The van der Waals surface area contributed by atoms with Gasteiger partial charge in [0.15, 0.2) is 0 Å². The standard InChI is InChI=1S/C25H35N3/c1-16(2)27(17(3)4)24-23(25(24)28(18(5)6)19(7)8)26-22-15-11-13-20-12-9-10-14-21(20)22/h9-19H,1-8H3/p+1. The zero-order chi connectivity index (χ0) is 20.6. The van der Waals surface area contributed by atoms with Gasteiger partial charge in [0.1, 0.15) is 23.5 Å². The molecule has 0 heterocycles. The molecule has 3 aromatic carbocycles. The van der Waals surface area contributed by atoms with Crippen LogP contribution in [0.2, 0.25) is 0 Å². The Labute approximate surface area is 170 Å². The van der Waals surface area contributed by atoms with Gasteiger partial charge >= 0.3 is 0 Å². The lowest BCUT2D eigenvalue weighted by molar-refractivity contribution is 0.429. The SMILES string of the molecule is CC(C)N(c1c(Nc2cccc3ccccc23)c1=[N+](C(C)C)C(C)C)C(C)C. The molecule has 0 radical (unpaired) electrons. The van der Waals surface area contributed by atoms with E-state index in [4.69, 9.17) is 0 Å². The molecule has 0 saturated carbocycles. The smallest absolute Gasteiger partial charge is 0.252 e. The molecule has 0 fully saturated rings. The van der Waals surface area contributed by atoms with Gasteiger partial charge in [-0.25, -0.2) is 4.58 Å². The van der Waals surface area contributed by atoms with Gasteiger partial charge in [0.2, 0.25) is 0 Å². The molecule has 0 bridgehead atoms. The van der Waals surface area contributed by atoms with Crippen molar-refractivity contribution in [3.63, 3.8) is 0 Å². The van der Waals surface area contributed by atoms with E-state index in [-0.39, 0.29) is 0 Å². The van der Waals surface area contributed by atoms with E-state index in [1.807, 2.05) is 0 Å². The Hall–Kier alpha value is -2.29. The lowest BCUT2D eigenvalue weighted by Gasteiger charge is -2.29. The zero-order valence-corrected chi connectivity index (χ0v) is 18.7. The molecule has 0 amide bonds. The summed E-state index contributed by atoms with van der Waals surface area (Å²) in [6.45, 7) is 18.3. The monoisotopic (exact) mass is 378 g/mol. The van der Waals surface area contributed by atoms with Crippen molar-refractivity contribution in [1.29, 1.82) is 0 Å². The average molecular weight is 379 g/mol. The first kappa shape index (κ1) is 20.4. The van der Waals surface area contributed by atoms with Gasteiger partial charge in [0, 0.05) is 23.2 Å². The van der Waals surface area contributed by atoms with Crippen LogP contribution in [0.4, 0.5) is 17.1 Å². The first-order valence-electron chi connectivity index (χ1n) is 10.7. The van der Waals surface area contributed by atoms with Gasteiger partial charge in [-0.1, -0.05) is 36.4 Å². The summed E-state index contributed by atoms with van der Waals surface area (Å²) in [4.78, 5) is 2.54. The quantitative estimate of drug-likeness (QED) is 0.534. The highest BCUT2D eigenvalue weighted by molar-refractivity contribution is 5.98. The van der Waals surface area contributed by atoms with Crippen molar-refractivity contribution < 1.29 is 0 Å². The van der Waals surface area contributed by atoms with Crippen LogP contribution in [0.25, 0.3) is 10.8 Å². The summed E-state index contributed by atoms with van der Waals surface area (Å²) in [6.07, 6.45) is 0. The molecule has 0 aromatic heterocycles. The van der Waals surface area contributed by atoms with Crippen LogP contribution in [0.5, 0.6) is 0 Å². The normalized spacial score (nSPS) is 12.1. The largest absolute Gasteiger partial charge is 0.359 e. The number of fused-ring (bicyclic) bond motifs is 1. The molecule has 0 spiro atoms. The summed E-state index contributed by atoms with van der Waals surface area (Å²) in [6, 6.07) is 16.9. The van der Waals surface area contributed by atoms with E-state index in [1.54, 1.807) is 0 Å². The summed E-state index contributed by atoms with van der Waals surface area (Å²) in [7, 11) is 0. The fraction of sp³-hybridized carbons (Fsp3) is 0.480. The van der Waals surface area contributed by atoms with Gasteiger partial charge in [-0.3, -0.25) is 0 Å². The van der Waals surface area contributed by atoms with Crippen molar-refractivity contribution in [2.75, 3.05) is 10.2 Å². The number of rotatable bonds is 7. The van der Waals surface area contributed by atoms with Crippen LogP contribution in [-0.2, 0) is 0 Å². The highest BCUT2D eigenvalue weighted by atomic mass is 15.2. The lowest BCUT2D eigenvalue weighted by atomic mass is 10.1. The number of hydrogen-bond acceptors (Lipinski definition) is 2. The third kappa shape index (κ3) is 3.80. The lowest BCUT2D eigenvalue weighted by Crippen LogP contribution is -2.41. The van der Waals surface area contributed by atoms with E-state index in [9.17, 15) is 0 Å². The van der Waals surface area contributed by atoms with Crippen molar-refractivity contribution in [2.24, 2.45) is 0 Å². The fourth-order valence-corrected chi connectivity index (χ4v) is 4.48. The minimum Gasteiger partial charge on any atom is -0.359 e. The second-order valence-electron chi connectivity index (χ2n) is 8.91. The molecule has 0 atom stereocenters. The summed E-state index contributed by atoms with van der Waals surface area (Å²) in [5, 5.41) is 7.71. The molecular weight excluding hydrogens is 342 g/mol. The molecule has 28 heavy (non-hydrogen) atoms. The Balaban J connectivity index is 2.16. The van der Waals surface area contributed by atoms with E-state index in [2.05, 4.69) is 113 Å². The van der Waals surface area contributed by atoms with Crippen molar-refractivity contribution in [3.8, 4) is 0 Å². The molecule has 0 unspecified atom stereocenters. The van der Waals surface area contributed by atoms with Gasteiger partial charge in [-0.05, 0) is 66.8 Å². The van der Waals surface area contributed by atoms with Crippen molar-refractivity contribution >= 4 is 27.8 Å². The second-order valence-corrected chi connectivity index (χ2v) is 8.91. The minimum atomic E-state index is 0.456. The third-order valence-corrected chi connectivity index (χ3v) is 5.43. The van der Waals surface area contributed by atoms with Crippen LogP contribution >= 0.6 is 0 Å². The maximum absolute atomic E-state index is 3.80. The maximum Gasteiger partial charge on any atom is 0.252 e. The maximum atomic E-state index is 3.80. The highest BCUT2D eigenvalue weighted by Gasteiger charge is 2.38. The van der Waals surface area contributed by atoms with Gasteiger partial charge in [-0.15, -0.1) is 0 Å². The molecule has 0 aliphatic carbocycles. The molecular formula is C25H36N3+. The number of benzene rings is 2. The van der Waals surface area contributed by atoms with Crippen LogP contribution in [0, 0.1) is 0 Å². The van der Waals surface area contributed by atoms with Crippen LogP contribution in [0.3, 0.4) is 0 Å². The van der Waals surface area contributed by atoms with Crippen molar-refractivity contribution in [2.45, 2.75) is 79.6 Å². The number of hydrogen-bond donors (Lipinski definition) is 1. The average Bonchev–Trinajstić information content (AvgIpc) is 3.26. The molecule has 3 nitrogen and oxygen atoms in total. The number of nitrogens with zero attached hydrogens (tertiary/aromatic N) is 2. The van der Waals surface area contributed by atoms with E-state index in [0.29, 0.717) is 24.2 Å². The molecule has 0 aliphatic rings. The Morgan fingerprint density at radius 2 is 1.32 bits per heavy atom. The Bertz CT molecular complexity index is 946. The second kappa shape index (κ2) is 7.98. The molecule has 3 rings (SSSR count). The van der Waals surface area contributed by atoms with E-state index < -0.39 is 0 Å².